The summed E-state index contributed by atoms with van der Waals surface area (Å²) in [5.41, 5.74) is 3.39. The highest BCUT2D eigenvalue weighted by Crippen LogP contribution is 2.29. The van der Waals surface area contributed by atoms with E-state index in [-0.39, 0.29) is 11.8 Å². The highest BCUT2D eigenvalue weighted by Gasteiger charge is 2.27. The molecule has 0 bridgehead atoms. The molecule has 0 unspecified atom stereocenters. The van der Waals surface area contributed by atoms with E-state index in [0.717, 1.165) is 41.0 Å². The second kappa shape index (κ2) is 7.97. The number of hydrogen-bond donors (Lipinski definition) is 1. The number of anilines is 1. The van der Waals surface area contributed by atoms with E-state index in [2.05, 4.69) is 10.4 Å². The van der Waals surface area contributed by atoms with Crippen LogP contribution in [0.3, 0.4) is 0 Å². The SMILES string of the molecule is Bc1cnn2c(NC3CCN(S(=O)(=O)CC)CC3)cc(-c3ccccc3Cl)nc12. The Balaban J connectivity index is 1.63. The maximum atomic E-state index is 12.1. The fourth-order valence-corrected chi connectivity index (χ4v) is 5.02. The van der Waals surface area contributed by atoms with E-state index in [0.29, 0.717) is 18.1 Å². The molecule has 1 aromatic carbocycles. The Morgan fingerprint density at radius 3 is 2.69 bits per heavy atom. The zero-order valence-electron chi connectivity index (χ0n) is 16.5. The molecule has 10 heteroatoms. The summed E-state index contributed by atoms with van der Waals surface area (Å²) in [5.74, 6) is 0.971. The van der Waals surface area contributed by atoms with Gasteiger partial charge in [-0.05, 0) is 31.3 Å². The van der Waals surface area contributed by atoms with Gasteiger partial charge in [0.15, 0.2) is 5.65 Å². The fourth-order valence-electron chi connectivity index (χ4n) is 3.65. The highest BCUT2D eigenvalue weighted by molar-refractivity contribution is 7.89. The van der Waals surface area contributed by atoms with Crippen LogP contribution >= 0.6 is 11.6 Å². The number of halogens is 1. The first kappa shape index (κ1) is 20.2. The summed E-state index contributed by atoms with van der Waals surface area (Å²) < 4.78 is 27.6. The molecule has 7 nitrogen and oxygen atoms in total. The normalized spacial score (nSPS) is 16.3. The average Bonchev–Trinajstić information content (AvgIpc) is 3.10. The van der Waals surface area contributed by atoms with Gasteiger partial charge in [0.25, 0.3) is 0 Å². The number of sulfonamides is 1. The van der Waals surface area contributed by atoms with Gasteiger partial charge in [0, 0.05) is 42.0 Å². The Morgan fingerprint density at radius 2 is 2.00 bits per heavy atom. The van der Waals surface area contributed by atoms with Crippen molar-refractivity contribution in [1.82, 2.24) is 18.9 Å². The Bertz CT molecular complexity index is 1140. The Hall–Kier alpha value is -2.10. The smallest absolute Gasteiger partial charge is 0.213 e. The maximum Gasteiger partial charge on any atom is 0.213 e. The van der Waals surface area contributed by atoms with Gasteiger partial charge in [-0.3, -0.25) is 0 Å². The molecule has 1 fully saturated rings. The van der Waals surface area contributed by atoms with Gasteiger partial charge < -0.3 is 5.32 Å². The third-order valence-electron chi connectivity index (χ3n) is 5.36. The van der Waals surface area contributed by atoms with Crippen LogP contribution in [-0.2, 0) is 10.0 Å². The van der Waals surface area contributed by atoms with Gasteiger partial charge in [-0.25, -0.2) is 17.7 Å². The molecular weight excluding hydrogens is 409 g/mol. The van der Waals surface area contributed by atoms with Gasteiger partial charge in [-0.1, -0.05) is 29.8 Å². The van der Waals surface area contributed by atoms with Crippen molar-refractivity contribution < 1.29 is 8.42 Å². The molecule has 3 heterocycles. The van der Waals surface area contributed by atoms with E-state index in [9.17, 15) is 8.42 Å². The molecule has 0 spiro atoms. The molecule has 1 N–H and O–H groups in total. The second-order valence-electron chi connectivity index (χ2n) is 7.29. The Labute approximate surface area is 176 Å². The van der Waals surface area contributed by atoms with Crippen molar-refractivity contribution in [3.8, 4) is 11.3 Å². The minimum atomic E-state index is -3.13. The lowest BCUT2D eigenvalue weighted by atomic mass is 10.0. The Kier molecular flexibility index (Phi) is 5.55. The number of nitrogens with zero attached hydrogens (tertiary/aromatic N) is 4. The topological polar surface area (TPSA) is 79.6 Å². The number of benzene rings is 1. The summed E-state index contributed by atoms with van der Waals surface area (Å²) in [6.07, 6.45) is 3.27. The molecule has 29 heavy (non-hydrogen) atoms. The zero-order valence-corrected chi connectivity index (χ0v) is 18.0. The first-order valence-electron chi connectivity index (χ1n) is 9.73. The number of fused-ring (bicyclic) bond motifs is 1. The summed E-state index contributed by atoms with van der Waals surface area (Å²) in [6.45, 7) is 2.73. The van der Waals surface area contributed by atoms with Crippen LogP contribution in [0.5, 0.6) is 0 Å². The maximum absolute atomic E-state index is 12.1. The third kappa shape index (κ3) is 3.99. The number of piperidine rings is 1. The molecule has 0 amide bonds. The van der Waals surface area contributed by atoms with Crippen LogP contribution in [0.2, 0.25) is 5.02 Å². The van der Waals surface area contributed by atoms with E-state index >= 15 is 0 Å². The van der Waals surface area contributed by atoms with Crippen LogP contribution in [-0.4, -0.2) is 60.1 Å². The summed E-state index contributed by atoms with van der Waals surface area (Å²) in [4.78, 5) is 4.76. The van der Waals surface area contributed by atoms with E-state index in [4.69, 9.17) is 16.6 Å². The van der Waals surface area contributed by atoms with Crippen molar-refractivity contribution in [3.63, 3.8) is 0 Å². The van der Waals surface area contributed by atoms with Gasteiger partial charge in [-0.15, -0.1) is 0 Å². The predicted octanol–water partition coefficient (Wildman–Crippen LogP) is 1.53. The second-order valence-corrected chi connectivity index (χ2v) is 9.95. The fraction of sp³-hybridized carbons (Fsp3) is 0.368. The molecule has 1 aliphatic rings. The zero-order chi connectivity index (χ0) is 20.6. The molecule has 152 valence electrons. The number of nitrogens with one attached hydrogen (secondary N) is 1. The van der Waals surface area contributed by atoms with Crippen LogP contribution < -0.4 is 10.8 Å². The van der Waals surface area contributed by atoms with Crippen molar-refractivity contribution in [1.29, 1.82) is 0 Å². The van der Waals surface area contributed by atoms with Crippen molar-refractivity contribution in [2.45, 2.75) is 25.8 Å². The van der Waals surface area contributed by atoms with E-state index in [1.54, 1.807) is 21.9 Å². The lowest BCUT2D eigenvalue weighted by Gasteiger charge is -2.32. The monoisotopic (exact) mass is 431 g/mol. The van der Waals surface area contributed by atoms with Crippen molar-refractivity contribution >= 4 is 46.4 Å². The van der Waals surface area contributed by atoms with E-state index in [1.165, 1.54) is 0 Å². The van der Waals surface area contributed by atoms with Crippen molar-refractivity contribution in [3.05, 3.63) is 41.6 Å². The molecule has 4 rings (SSSR count). The van der Waals surface area contributed by atoms with Crippen molar-refractivity contribution in [2.75, 3.05) is 24.2 Å². The minimum Gasteiger partial charge on any atom is -0.367 e. The number of rotatable bonds is 5. The average molecular weight is 432 g/mol. The molecule has 0 atom stereocenters. The van der Waals surface area contributed by atoms with Gasteiger partial charge in [0.1, 0.15) is 13.7 Å². The van der Waals surface area contributed by atoms with E-state index in [1.807, 2.05) is 38.2 Å². The van der Waals surface area contributed by atoms with Crippen LogP contribution in [0.4, 0.5) is 5.82 Å². The number of aromatic nitrogens is 3. The summed E-state index contributed by atoms with van der Waals surface area (Å²) in [6, 6.07) is 9.75. The summed E-state index contributed by atoms with van der Waals surface area (Å²) in [7, 11) is -1.16. The molecule has 1 aliphatic heterocycles. The quantitative estimate of drug-likeness (QED) is 0.620. The van der Waals surface area contributed by atoms with Crippen LogP contribution in [0, 0.1) is 0 Å². The molecular formula is C19H23BClN5O2S. The first-order chi connectivity index (χ1) is 13.9. The lowest BCUT2D eigenvalue weighted by Crippen LogP contribution is -2.43. The largest absolute Gasteiger partial charge is 0.367 e. The molecule has 0 saturated carbocycles. The van der Waals surface area contributed by atoms with Crippen LogP contribution in [0.15, 0.2) is 36.5 Å². The third-order valence-corrected chi connectivity index (χ3v) is 7.57. The molecule has 0 radical (unpaired) electrons. The van der Waals surface area contributed by atoms with Crippen LogP contribution in [0.25, 0.3) is 16.9 Å². The van der Waals surface area contributed by atoms with Crippen molar-refractivity contribution in [2.24, 2.45) is 0 Å². The van der Waals surface area contributed by atoms with Gasteiger partial charge in [-0.2, -0.15) is 9.61 Å². The number of hydrogen-bond acceptors (Lipinski definition) is 5. The lowest BCUT2D eigenvalue weighted by molar-refractivity contribution is 0.329. The van der Waals surface area contributed by atoms with E-state index < -0.39 is 10.0 Å². The van der Waals surface area contributed by atoms with Gasteiger partial charge in [0.05, 0.1) is 11.4 Å². The predicted molar refractivity (Wildman–Crippen MR) is 119 cm³/mol. The van der Waals surface area contributed by atoms with Gasteiger partial charge >= 0.3 is 0 Å². The molecule has 3 aromatic rings. The van der Waals surface area contributed by atoms with Gasteiger partial charge in [0.2, 0.25) is 10.0 Å². The summed E-state index contributed by atoms with van der Waals surface area (Å²) >= 11 is 6.40. The molecule has 0 aliphatic carbocycles. The van der Waals surface area contributed by atoms with Crippen LogP contribution in [0.1, 0.15) is 19.8 Å². The highest BCUT2D eigenvalue weighted by atomic mass is 35.5. The minimum absolute atomic E-state index is 0.143. The Morgan fingerprint density at radius 1 is 1.28 bits per heavy atom. The molecule has 2 aromatic heterocycles. The first-order valence-corrected chi connectivity index (χ1v) is 11.7. The standard InChI is InChI=1S/C19H23BClN5O2S/c1-2-29(27,28)25-9-7-13(8-10-25)23-18-11-17(14-5-3-4-6-16(14)21)24-19-15(20)12-22-26(18)19/h3-6,11-13,23H,2,7-10,20H2,1H3. The summed E-state index contributed by atoms with van der Waals surface area (Å²) in [5, 5.41) is 8.66. The molecule has 1 saturated heterocycles.